The number of nitrogens with one attached hydrogen (secondary N) is 2. The van der Waals surface area contributed by atoms with Crippen LogP contribution in [0.5, 0.6) is 11.5 Å². The summed E-state index contributed by atoms with van der Waals surface area (Å²) in [6, 6.07) is 18.7. The first kappa shape index (κ1) is 22.6. The van der Waals surface area contributed by atoms with E-state index in [0.717, 1.165) is 30.0 Å². The van der Waals surface area contributed by atoms with Crippen LogP contribution in [0.25, 0.3) is 10.8 Å². The van der Waals surface area contributed by atoms with Crippen LogP contribution in [-0.2, 0) is 4.79 Å². The molecule has 3 aromatic rings. The molecule has 1 aliphatic rings. The maximum absolute atomic E-state index is 13.2. The number of methoxy groups -OCH3 is 1. The van der Waals surface area contributed by atoms with Gasteiger partial charge in [0.25, 0.3) is 11.8 Å². The van der Waals surface area contributed by atoms with Crippen molar-refractivity contribution < 1.29 is 19.1 Å². The molecule has 0 aliphatic heterocycles. The fourth-order valence-electron chi connectivity index (χ4n) is 4.38. The second kappa shape index (κ2) is 10.4. The van der Waals surface area contributed by atoms with Crippen molar-refractivity contribution in [3.8, 4) is 11.5 Å². The highest BCUT2D eigenvalue weighted by Crippen LogP contribution is 2.29. The number of para-hydroxylation sites is 2. The maximum Gasteiger partial charge on any atom is 0.259 e. The Morgan fingerprint density at radius 2 is 1.64 bits per heavy atom. The zero-order chi connectivity index (χ0) is 23.2. The summed E-state index contributed by atoms with van der Waals surface area (Å²) in [6.45, 7) is 2.03. The number of hydrogen-bond donors (Lipinski definition) is 2. The minimum absolute atomic E-state index is 0.142. The van der Waals surface area contributed by atoms with Gasteiger partial charge in [-0.15, -0.1) is 0 Å². The van der Waals surface area contributed by atoms with Crippen LogP contribution in [0.4, 0.5) is 5.69 Å². The number of rotatable bonds is 7. The van der Waals surface area contributed by atoms with Crippen molar-refractivity contribution >= 4 is 28.3 Å². The van der Waals surface area contributed by atoms with E-state index in [1.165, 1.54) is 6.42 Å². The Morgan fingerprint density at radius 1 is 0.939 bits per heavy atom. The molecule has 3 aromatic carbocycles. The first-order valence-corrected chi connectivity index (χ1v) is 11.4. The summed E-state index contributed by atoms with van der Waals surface area (Å²) < 4.78 is 11.2. The Labute approximate surface area is 194 Å². The minimum atomic E-state index is -0.332. The zero-order valence-electron chi connectivity index (χ0n) is 19.1. The molecule has 0 aromatic heterocycles. The molecule has 0 heterocycles. The lowest BCUT2D eigenvalue weighted by atomic mass is 9.86. The Bertz CT molecular complexity index is 1140. The first-order valence-electron chi connectivity index (χ1n) is 11.4. The van der Waals surface area contributed by atoms with Gasteiger partial charge in [0.05, 0.1) is 18.4 Å². The van der Waals surface area contributed by atoms with Gasteiger partial charge in [0.15, 0.2) is 6.61 Å². The van der Waals surface area contributed by atoms with Gasteiger partial charge < -0.3 is 20.1 Å². The number of carbonyl (C=O) groups excluding carboxylic acids is 2. The van der Waals surface area contributed by atoms with Crippen LogP contribution in [0.15, 0.2) is 60.7 Å². The lowest BCUT2D eigenvalue weighted by Gasteiger charge is -2.29. The molecule has 6 nitrogen and oxygen atoms in total. The van der Waals surface area contributed by atoms with Crippen LogP contribution in [0, 0.1) is 5.92 Å². The molecule has 2 amide bonds. The number of benzene rings is 3. The quantitative estimate of drug-likeness (QED) is 0.525. The van der Waals surface area contributed by atoms with Crippen LogP contribution < -0.4 is 20.1 Å². The van der Waals surface area contributed by atoms with Crippen LogP contribution in [0.2, 0.25) is 0 Å². The molecular weight excluding hydrogens is 416 g/mol. The third kappa shape index (κ3) is 5.45. The Balaban J connectivity index is 1.54. The lowest BCUT2D eigenvalue weighted by molar-refractivity contribution is -0.124. The molecule has 2 N–H and O–H groups in total. The number of anilines is 1. The van der Waals surface area contributed by atoms with E-state index in [1.807, 2.05) is 42.5 Å². The second-order valence-electron chi connectivity index (χ2n) is 8.57. The molecule has 2 atom stereocenters. The van der Waals surface area contributed by atoms with Crippen molar-refractivity contribution in [1.29, 1.82) is 0 Å². The van der Waals surface area contributed by atoms with Gasteiger partial charge >= 0.3 is 0 Å². The largest absolute Gasteiger partial charge is 0.495 e. The van der Waals surface area contributed by atoms with Gasteiger partial charge in [-0.2, -0.15) is 0 Å². The predicted octanol–water partition coefficient (Wildman–Crippen LogP) is 5.17. The Morgan fingerprint density at radius 3 is 2.39 bits per heavy atom. The molecule has 0 saturated heterocycles. The van der Waals surface area contributed by atoms with E-state index in [1.54, 1.807) is 25.3 Å². The van der Waals surface area contributed by atoms with Crippen molar-refractivity contribution in [2.24, 2.45) is 5.92 Å². The molecular formula is C27H30N2O4. The highest BCUT2D eigenvalue weighted by atomic mass is 16.5. The highest BCUT2D eigenvalue weighted by Gasteiger charge is 2.23. The molecule has 33 heavy (non-hydrogen) atoms. The summed E-state index contributed by atoms with van der Waals surface area (Å²) in [5.74, 6) is 0.896. The van der Waals surface area contributed by atoms with E-state index in [-0.39, 0.29) is 24.5 Å². The lowest BCUT2D eigenvalue weighted by Crippen LogP contribution is -2.43. The SMILES string of the molecule is COc1ccccc1NC(=O)c1cc2ccccc2cc1OCC(=O)NC1CCCCC1C. The second-order valence-corrected chi connectivity index (χ2v) is 8.57. The molecule has 1 saturated carbocycles. The van der Waals surface area contributed by atoms with E-state index in [0.29, 0.717) is 28.7 Å². The van der Waals surface area contributed by atoms with Gasteiger partial charge in [0.1, 0.15) is 11.5 Å². The standard InChI is InChI=1S/C27H30N2O4/c1-18-9-3-6-12-22(18)28-26(30)17-33-25-16-20-11-5-4-10-19(20)15-21(25)27(31)29-23-13-7-8-14-24(23)32-2/h4-5,7-8,10-11,13-16,18,22H,3,6,9,12,17H2,1-2H3,(H,28,30)(H,29,31). The fraction of sp³-hybridized carbons (Fsp3) is 0.333. The topological polar surface area (TPSA) is 76.7 Å². The summed E-state index contributed by atoms with van der Waals surface area (Å²) in [7, 11) is 1.56. The Hall–Kier alpha value is -3.54. The van der Waals surface area contributed by atoms with Crippen molar-refractivity contribution in [2.75, 3.05) is 19.0 Å². The van der Waals surface area contributed by atoms with Crippen LogP contribution in [0.1, 0.15) is 43.0 Å². The average Bonchev–Trinajstić information content (AvgIpc) is 2.84. The average molecular weight is 447 g/mol. The molecule has 0 radical (unpaired) electrons. The molecule has 0 spiro atoms. The van der Waals surface area contributed by atoms with Crippen LogP contribution in [0.3, 0.4) is 0 Å². The number of ether oxygens (including phenoxy) is 2. The first-order chi connectivity index (χ1) is 16.0. The number of carbonyl (C=O) groups is 2. The van der Waals surface area contributed by atoms with Crippen molar-refractivity contribution in [2.45, 2.75) is 38.6 Å². The summed E-state index contributed by atoms with van der Waals surface area (Å²) in [4.78, 5) is 25.8. The predicted molar refractivity (Wildman–Crippen MR) is 130 cm³/mol. The highest BCUT2D eigenvalue weighted by molar-refractivity contribution is 6.09. The van der Waals surface area contributed by atoms with Gasteiger partial charge in [-0.25, -0.2) is 0 Å². The normalized spacial score (nSPS) is 17.9. The van der Waals surface area contributed by atoms with Gasteiger partial charge in [-0.3, -0.25) is 9.59 Å². The summed E-state index contributed by atoms with van der Waals surface area (Å²) in [6.07, 6.45) is 4.47. The zero-order valence-corrected chi connectivity index (χ0v) is 19.1. The minimum Gasteiger partial charge on any atom is -0.495 e. The summed E-state index contributed by atoms with van der Waals surface area (Å²) in [5.41, 5.74) is 0.923. The monoisotopic (exact) mass is 446 g/mol. The van der Waals surface area contributed by atoms with E-state index in [9.17, 15) is 9.59 Å². The fourth-order valence-corrected chi connectivity index (χ4v) is 4.38. The molecule has 2 unspecified atom stereocenters. The summed E-state index contributed by atoms with van der Waals surface area (Å²) in [5, 5.41) is 7.84. The van der Waals surface area contributed by atoms with Crippen LogP contribution in [-0.4, -0.2) is 31.6 Å². The van der Waals surface area contributed by atoms with Crippen molar-refractivity contribution in [3.05, 3.63) is 66.2 Å². The summed E-state index contributed by atoms with van der Waals surface area (Å²) >= 11 is 0. The maximum atomic E-state index is 13.2. The molecule has 1 fully saturated rings. The third-order valence-electron chi connectivity index (χ3n) is 6.26. The molecule has 0 bridgehead atoms. The van der Waals surface area contributed by atoms with Gasteiger partial charge in [0, 0.05) is 6.04 Å². The number of amides is 2. The van der Waals surface area contributed by atoms with E-state index < -0.39 is 0 Å². The van der Waals surface area contributed by atoms with E-state index >= 15 is 0 Å². The van der Waals surface area contributed by atoms with Crippen LogP contribution >= 0.6 is 0 Å². The van der Waals surface area contributed by atoms with Crippen molar-refractivity contribution in [1.82, 2.24) is 5.32 Å². The van der Waals surface area contributed by atoms with Gasteiger partial charge in [0.2, 0.25) is 0 Å². The third-order valence-corrected chi connectivity index (χ3v) is 6.26. The smallest absolute Gasteiger partial charge is 0.259 e. The molecule has 1 aliphatic carbocycles. The Kier molecular flexibility index (Phi) is 7.13. The molecule has 172 valence electrons. The number of fused-ring (bicyclic) bond motifs is 1. The van der Waals surface area contributed by atoms with Gasteiger partial charge in [-0.05, 0) is 53.8 Å². The van der Waals surface area contributed by atoms with E-state index in [2.05, 4.69) is 17.6 Å². The molecule has 6 heteroatoms. The molecule has 4 rings (SSSR count). The van der Waals surface area contributed by atoms with Gasteiger partial charge in [-0.1, -0.05) is 56.2 Å². The van der Waals surface area contributed by atoms with E-state index in [4.69, 9.17) is 9.47 Å². The number of hydrogen-bond acceptors (Lipinski definition) is 4. The van der Waals surface area contributed by atoms with Crippen molar-refractivity contribution in [3.63, 3.8) is 0 Å².